The van der Waals surface area contributed by atoms with Crippen LogP contribution in [0.4, 0.5) is 8.78 Å². The number of pyridine rings is 1. The first-order valence-electron chi connectivity index (χ1n) is 5.01. The van der Waals surface area contributed by atoms with Gasteiger partial charge in [-0.05, 0) is 19.4 Å². The van der Waals surface area contributed by atoms with Gasteiger partial charge in [-0.25, -0.2) is 18.6 Å². The van der Waals surface area contributed by atoms with Crippen molar-refractivity contribution >= 4 is 5.97 Å². The first-order chi connectivity index (χ1) is 8.02. The third-order valence-electron chi connectivity index (χ3n) is 2.16. The molecule has 0 spiro atoms. The Morgan fingerprint density at radius 2 is 2.18 bits per heavy atom. The standard InChI is InChI=1S/C11H13F2NO3/c1-4-17-11(15)8-9(16-3)7(10(12)13)6(2)5-14-8/h5,10H,4H2,1-3H3. The number of esters is 1. The van der Waals surface area contributed by atoms with Crippen LogP contribution in [-0.2, 0) is 4.74 Å². The van der Waals surface area contributed by atoms with Crippen LogP contribution < -0.4 is 4.74 Å². The Kier molecular flexibility index (Phi) is 4.37. The van der Waals surface area contributed by atoms with E-state index in [1.54, 1.807) is 6.92 Å². The summed E-state index contributed by atoms with van der Waals surface area (Å²) in [5.41, 5.74) is -0.286. The van der Waals surface area contributed by atoms with Gasteiger partial charge in [0.15, 0.2) is 11.4 Å². The first kappa shape index (κ1) is 13.3. The lowest BCUT2D eigenvalue weighted by molar-refractivity contribution is 0.0514. The molecular weight excluding hydrogens is 232 g/mol. The lowest BCUT2D eigenvalue weighted by Gasteiger charge is -2.13. The molecule has 0 aliphatic heterocycles. The van der Waals surface area contributed by atoms with Crippen molar-refractivity contribution in [3.8, 4) is 5.75 Å². The van der Waals surface area contributed by atoms with Crippen molar-refractivity contribution in [2.45, 2.75) is 20.3 Å². The van der Waals surface area contributed by atoms with Gasteiger partial charge in [-0.3, -0.25) is 0 Å². The van der Waals surface area contributed by atoms with Crippen molar-refractivity contribution in [3.05, 3.63) is 23.0 Å². The summed E-state index contributed by atoms with van der Waals surface area (Å²) in [5.74, 6) is -0.996. The molecule has 17 heavy (non-hydrogen) atoms. The zero-order valence-electron chi connectivity index (χ0n) is 9.79. The number of ether oxygens (including phenoxy) is 2. The second-order valence-electron chi connectivity index (χ2n) is 3.26. The molecule has 1 rings (SSSR count). The SMILES string of the molecule is CCOC(=O)c1ncc(C)c(C(F)F)c1OC. The molecule has 0 unspecified atom stereocenters. The molecular formula is C11H13F2NO3. The van der Waals surface area contributed by atoms with E-state index >= 15 is 0 Å². The molecule has 0 aromatic carbocycles. The van der Waals surface area contributed by atoms with Crippen molar-refractivity contribution in [1.29, 1.82) is 0 Å². The van der Waals surface area contributed by atoms with Gasteiger partial charge in [0, 0.05) is 6.20 Å². The molecule has 0 saturated heterocycles. The van der Waals surface area contributed by atoms with E-state index in [9.17, 15) is 13.6 Å². The summed E-state index contributed by atoms with van der Waals surface area (Å²) in [4.78, 5) is 15.3. The second kappa shape index (κ2) is 5.56. The zero-order chi connectivity index (χ0) is 13.0. The fourth-order valence-electron chi connectivity index (χ4n) is 1.42. The minimum atomic E-state index is -2.74. The Morgan fingerprint density at radius 1 is 1.53 bits per heavy atom. The summed E-state index contributed by atoms with van der Waals surface area (Å²) in [6, 6.07) is 0. The molecule has 6 heteroatoms. The van der Waals surface area contributed by atoms with Gasteiger partial charge in [-0.2, -0.15) is 0 Å². The monoisotopic (exact) mass is 245 g/mol. The van der Waals surface area contributed by atoms with Gasteiger partial charge in [-0.1, -0.05) is 0 Å². The molecule has 0 atom stereocenters. The number of aromatic nitrogens is 1. The quantitative estimate of drug-likeness (QED) is 0.765. The molecule has 1 aromatic heterocycles. The van der Waals surface area contributed by atoms with Crippen molar-refractivity contribution in [2.75, 3.05) is 13.7 Å². The fourth-order valence-corrected chi connectivity index (χ4v) is 1.42. The van der Waals surface area contributed by atoms with Crippen LogP contribution in [0.25, 0.3) is 0 Å². The molecule has 0 saturated carbocycles. The molecule has 0 N–H and O–H groups in total. The normalized spacial score (nSPS) is 10.5. The number of halogens is 2. The van der Waals surface area contributed by atoms with Crippen molar-refractivity contribution in [1.82, 2.24) is 4.98 Å². The maximum absolute atomic E-state index is 12.8. The van der Waals surface area contributed by atoms with E-state index in [0.29, 0.717) is 0 Å². The van der Waals surface area contributed by atoms with E-state index in [0.717, 1.165) is 0 Å². The number of carbonyl (C=O) groups is 1. The summed E-state index contributed by atoms with van der Waals surface area (Å²) in [6.07, 6.45) is -1.53. The molecule has 0 aliphatic carbocycles. The fraction of sp³-hybridized carbons (Fsp3) is 0.455. The number of hydrogen-bond donors (Lipinski definition) is 0. The number of alkyl halides is 2. The van der Waals surface area contributed by atoms with Gasteiger partial charge in [0.2, 0.25) is 0 Å². The Labute approximate surface area is 97.6 Å². The topological polar surface area (TPSA) is 48.4 Å². The number of methoxy groups -OCH3 is 1. The molecule has 0 radical (unpaired) electrons. The highest BCUT2D eigenvalue weighted by molar-refractivity contribution is 5.91. The summed E-state index contributed by atoms with van der Waals surface area (Å²) in [5, 5.41) is 0. The summed E-state index contributed by atoms with van der Waals surface area (Å²) < 4.78 is 35.3. The Balaban J connectivity index is 3.32. The van der Waals surface area contributed by atoms with E-state index in [1.165, 1.54) is 20.2 Å². The predicted molar refractivity (Wildman–Crippen MR) is 56.4 cm³/mol. The van der Waals surface area contributed by atoms with Gasteiger partial charge >= 0.3 is 5.97 Å². The first-order valence-corrected chi connectivity index (χ1v) is 5.01. The summed E-state index contributed by atoms with van der Waals surface area (Å²) in [7, 11) is 1.21. The maximum Gasteiger partial charge on any atom is 0.360 e. The van der Waals surface area contributed by atoms with Crippen LogP contribution in [0, 0.1) is 6.92 Å². The minimum Gasteiger partial charge on any atom is -0.494 e. The van der Waals surface area contributed by atoms with Gasteiger partial charge < -0.3 is 9.47 Å². The Morgan fingerprint density at radius 3 is 2.65 bits per heavy atom. The zero-order valence-corrected chi connectivity index (χ0v) is 9.79. The Bertz CT molecular complexity index is 421. The van der Waals surface area contributed by atoms with Gasteiger partial charge in [0.05, 0.1) is 19.3 Å². The second-order valence-corrected chi connectivity index (χ2v) is 3.26. The number of hydrogen-bond acceptors (Lipinski definition) is 4. The number of nitrogens with zero attached hydrogens (tertiary/aromatic N) is 1. The molecule has 0 aliphatic rings. The van der Waals surface area contributed by atoms with E-state index in [2.05, 4.69) is 4.98 Å². The van der Waals surface area contributed by atoms with Crippen molar-refractivity contribution in [3.63, 3.8) is 0 Å². The smallest absolute Gasteiger partial charge is 0.360 e. The minimum absolute atomic E-state index is 0.140. The van der Waals surface area contributed by atoms with Crippen LogP contribution >= 0.6 is 0 Å². The maximum atomic E-state index is 12.8. The van der Waals surface area contributed by atoms with Crippen LogP contribution in [0.3, 0.4) is 0 Å². The molecule has 94 valence electrons. The van der Waals surface area contributed by atoms with E-state index in [-0.39, 0.29) is 29.2 Å². The van der Waals surface area contributed by atoms with E-state index in [1.807, 2.05) is 0 Å². The molecule has 0 amide bonds. The third-order valence-corrected chi connectivity index (χ3v) is 2.16. The largest absolute Gasteiger partial charge is 0.494 e. The summed E-state index contributed by atoms with van der Waals surface area (Å²) >= 11 is 0. The van der Waals surface area contributed by atoms with E-state index < -0.39 is 12.4 Å². The van der Waals surface area contributed by atoms with E-state index in [4.69, 9.17) is 9.47 Å². The van der Waals surface area contributed by atoms with Gasteiger partial charge in [0.1, 0.15) is 0 Å². The van der Waals surface area contributed by atoms with Crippen LogP contribution in [0.5, 0.6) is 5.75 Å². The van der Waals surface area contributed by atoms with Crippen molar-refractivity contribution in [2.24, 2.45) is 0 Å². The molecule has 1 heterocycles. The highest BCUT2D eigenvalue weighted by atomic mass is 19.3. The van der Waals surface area contributed by atoms with Crippen LogP contribution in [0.15, 0.2) is 6.20 Å². The lowest BCUT2D eigenvalue weighted by atomic mass is 10.1. The lowest BCUT2D eigenvalue weighted by Crippen LogP contribution is -2.11. The predicted octanol–water partition coefficient (Wildman–Crippen LogP) is 2.51. The summed E-state index contributed by atoms with van der Waals surface area (Å²) in [6.45, 7) is 3.24. The van der Waals surface area contributed by atoms with Crippen LogP contribution in [0.1, 0.15) is 35.0 Å². The van der Waals surface area contributed by atoms with Crippen LogP contribution in [-0.4, -0.2) is 24.7 Å². The van der Waals surface area contributed by atoms with Gasteiger partial charge in [-0.15, -0.1) is 0 Å². The Hall–Kier alpha value is -1.72. The van der Waals surface area contributed by atoms with Crippen LogP contribution in [0.2, 0.25) is 0 Å². The van der Waals surface area contributed by atoms with Crippen molar-refractivity contribution < 1.29 is 23.0 Å². The number of rotatable bonds is 4. The molecule has 0 bridgehead atoms. The highest BCUT2D eigenvalue weighted by Crippen LogP contribution is 2.33. The average Bonchev–Trinajstić information content (AvgIpc) is 2.27. The van der Waals surface area contributed by atoms with Gasteiger partial charge in [0.25, 0.3) is 6.43 Å². The highest BCUT2D eigenvalue weighted by Gasteiger charge is 2.25. The molecule has 0 fully saturated rings. The average molecular weight is 245 g/mol. The third kappa shape index (κ3) is 2.69. The molecule has 4 nitrogen and oxygen atoms in total. The molecule has 1 aromatic rings. The number of aryl methyl sites for hydroxylation is 1. The number of carbonyl (C=O) groups excluding carboxylic acids is 1.